The smallest absolute Gasteiger partial charge is 0.295 e. The van der Waals surface area contributed by atoms with Crippen molar-refractivity contribution in [2.24, 2.45) is 0 Å². The summed E-state index contributed by atoms with van der Waals surface area (Å²) in [5.41, 5.74) is 2.98. The minimum Gasteiger partial charge on any atom is -0.319 e. The van der Waals surface area contributed by atoms with E-state index in [0.717, 1.165) is 11.1 Å². The fourth-order valence-electron chi connectivity index (χ4n) is 2.81. The fraction of sp³-hybridized carbons (Fsp3) is 0.0455. The van der Waals surface area contributed by atoms with Crippen molar-refractivity contribution < 1.29 is 4.79 Å². The van der Waals surface area contributed by atoms with Crippen LogP contribution < -0.4 is 5.32 Å². The highest BCUT2D eigenvalue weighted by Gasteiger charge is 2.19. The molecule has 0 unspecified atom stereocenters. The number of hydrogen-bond acceptors (Lipinski definition) is 3. The minimum absolute atomic E-state index is 0.0200. The van der Waals surface area contributed by atoms with Gasteiger partial charge in [0.15, 0.2) is 5.82 Å². The van der Waals surface area contributed by atoms with Crippen molar-refractivity contribution in [1.29, 1.82) is 0 Å². The molecule has 1 N–H and O–H groups in total. The molecule has 3 aromatic carbocycles. The molecule has 1 amide bonds. The number of carbonyl (C=O) groups is 1. The molecular formula is C22H15Cl3N4O. The number of hydrogen-bond donors (Lipinski definition) is 1. The zero-order chi connectivity index (χ0) is 21.3. The Kier molecular flexibility index (Phi) is 5.77. The first-order valence-electron chi connectivity index (χ1n) is 8.97. The van der Waals surface area contributed by atoms with Gasteiger partial charge in [0, 0.05) is 26.3 Å². The second-order valence-corrected chi connectivity index (χ2v) is 7.85. The van der Waals surface area contributed by atoms with Gasteiger partial charge < -0.3 is 5.32 Å². The molecule has 0 spiro atoms. The highest BCUT2D eigenvalue weighted by Crippen LogP contribution is 2.26. The monoisotopic (exact) mass is 456 g/mol. The van der Waals surface area contributed by atoms with Gasteiger partial charge in [-0.3, -0.25) is 4.79 Å². The topological polar surface area (TPSA) is 59.8 Å². The Morgan fingerprint density at radius 2 is 1.53 bits per heavy atom. The van der Waals surface area contributed by atoms with Crippen LogP contribution in [0, 0.1) is 6.92 Å². The number of halogens is 3. The maximum Gasteiger partial charge on any atom is 0.295 e. The number of benzene rings is 3. The van der Waals surface area contributed by atoms with Crippen LogP contribution in [-0.4, -0.2) is 20.7 Å². The van der Waals surface area contributed by atoms with Gasteiger partial charge in [0.2, 0.25) is 5.82 Å². The quantitative estimate of drug-likeness (QED) is 0.383. The van der Waals surface area contributed by atoms with E-state index in [9.17, 15) is 4.79 Å². The summed E-state index contributed by atoms with van der Waals surface area (Å²) in [7, 11) is 0. The van der Waals surface area contributed by atoms with E-state index in [1.165, 1.54) is 0 Å². The average Bonchev–Trinajstić information content (AvgIpc) is 3.18. The molecule has 150 valence electrons. The normalized spacial score (nSPS) is 10.8. The first-order chi connectivity index (χ1) is 14.4. The number of carbonyl (C=O) groups excluding carboxylic acids is 1. The van der Waals surface area contributed by atoms with Crippen LogP contribution in [0.3, 0.4) is 0 Å². The van der Waals surface area contributed by atoms with E-state index in [1.807, 2.05) is 31.2 Å². The van der Waals surface area contributed by atoms with E-state index in [4.69, 9.17) is 34.8 Å². The van der Waals surface area contributed by atoms with Gasteiger partial charge in [0.05, 0.1) is 5.69 Å². The van der Waals surface area contributed by atoms with Crippen molar-refractivity contribution in [2.45, 2.75) is 6.92 Å². The van der Waals surface area contributed by atoms with Crippen LogP contribution in [0.1, 0.15) is 16.2 Å². The molecule has 8 heteroatoms. The van der Waals surface area contributed by atoms with E-state index >= 15 is 0 Å². The predicted octanol–water partition coefficient (Wildman–Crippen LogP) is 6.46. The number of nitrogens with one attached hydrogen (secondary N) is 1. The van der Waals surface area contributed by atoms with Crippen molar-refractivity contribution in [3.05, 3.63) is 93.2 Å². The molecule has 4 rings (SSSR count). The number of nitrogens with zero attached hydrogens (tertiary/aromatic N) is 3. The van der Waals surface area contributed by atoms with E-state index in [1.54, 1.807) is 47.1 Å². The van der Waals surface area contributed by atoms with Crippen molar-refractivity contribution in [1.82, 2.24) is 14.8 Å². The molecule has 0 radical (unpaired) electrons. The highest BCUT2D eigenvalue weighted by atomic mass is 35.5. The summed E-state index contributed by atoms with van der Waals surface area (Å²) in [6.07, 6.45) is 0. The summed E-state index contributed by atoms with van der Waals surface area (Å²) in [5.74, 6) is 0.0731. The third-order valence-electron chi connectivity index (χ3n) is 4.41. The third-order valence-corrected chi connectivity index (χ3v) is 5.33. The molecule has 0 aliphatic heterocycles. The maximum absolute atomic E-state index is 12.8. The molecule has 0 atom stereocenters. The number of amides is 1. The van der Waals surface area contributed by atoms with Gasteiger partial charge in [-0.1, -0.05) is 40.9 Å². The largest absolute Gasteiger partial charge is 0.319 e. The van der Waals surface area contributed by atoms with Gasteiger partial charge >= 0.3 is 0 Å². The van der Waals surface area contributed by atoms with Crippen molar-refractivity contribution in [3.63, 3.8) is 0 Å². The summed E-state index contributed by atoms with van der Waals surface area (Å²) in [6.45, 7) is 1.92. The van der Waals surface area contributed by atoms with Crippen LogP contribution >= 0.6 is 34.8 Å². The molecular weight excluding hydrogens is 443 g/mol. The Labute approximate surface area is 188 Å². The van der Waals surface area contributed by atoms with Crippen LogP contribution in [0.15, 0.2) is 66.7 Å². The molecule has 1 aromatic heterocycles. The molecule has 5 nitrogen and oxygen atoms in total. The summed E-state index contributed by atoms with van der Waals surface area (Å²) >= 11 is 18.2. The van der Waals surface area contributed by atoms with Crippen LogP contribution in [-0.2, 0) is 0 Å². The second kappa shape index (κ2) is 8.48. The first-order valence-corrected chi connectivity index (χ1v) is 10.1. The predicted molar refractivity (Wildman–Crippen MR) is 121 cm³/mol. The number of rotatable bonds is 4. The lowest BCUT2D eigenvalue weighted by atomic mass is 10.2. The molecule has 0 fully saturated rings. The zero-order valence-electron chi connectivity index (χ0n) is 15.7. The summed E-state index contributed by atoms with van der Waals surface area (Å²) < 4.78 is 1.59. The number of anilines is 1. The van der Waals surface area contributed by atoms with E-state index < -0.39 is 5.91 Å². The highest BCUT2D eigenvalue weighted by molar-refractivity contribution is 6.31. The lowest BCUT2D eigenvalue weighted by molar-refractivity contribution is 0.101. The molecule has 0 saturated heterocycles. The van der Waals surface area contributed by atoms with E-state index in [-0.39, 0.29) is 5.82 Å². The minimum atomic E-state index is -0.440. The van der Waals surface area contributed by atoms with Crippen molar-refractivity contribution in [2.75, 3.05) is 5.32 Å². The SMILES string of the molecule is Cc1ccc(-n2nc(C(=O)Nc3ccc(Cl)cc3)nc2-c2ccc(Cl)cc2)cc1Cl. The molecule has 4 aromatic rings. The molecule has 0 aliphatic carbocycles. The van der Waals surface area contributed by atoms with Crippen LogP contribution in [0.2, 0.25) is 15.1 Å². The van der Waals surface area contributed by atoms with Crippen LogP contribution in [0.25, 0.3) is 17.1 Å². The zero-order valence-corrected chi connectivity index (χ0v) is 18.0. The Balaban J connectivity index is 1.76. The Hall–Kier alpha value is -2.86. The molecule has 0 aliphatic rings. The average molecular weight is 458 g/mol. The van der Waals surface area contributed by atoms with Gasteiger partial charge in [-0.25, -0.2) is 9.67 Å². The Morgan fingerprint density at radius 1 is 0.900 bits per heavy atom. The standard InChI is InChI=1S/C22H15Cl3N4O/c1-13-2-11-18(12-19(13)25)29-21(14-3-5-15(23)6-4-14)27-20(28-29)22(30)26-17-9-7-16(24)8-10-17/h2-12H,1H3,(H,26,30). The molecule has 1 heterocycles. The first kappa shape index (κ1) is 20.4. The van der Waals surface area contributed by atoms with Gasteiger partial charge in [0.25, 0.3) is 5.91 Å². The van der Waals surface area contributed by atoms with Gasteiger partial charge in [-0.15, -0.1) is 5.10 Å². The summed E-state index contributed by atoms with van der Waals surface area (Å²) in [6, 6.07) is 19.5. The summed E-state index contributed by atoms with van der Waals surface area (Å²) in [4.78, 5) is 17.3. The molecule has 0 saturated carbocycles. The number of aromatic nitrogens is 3. The second-order valence-electron chi connectivity index (χ2n) is 6.57. The number of aryl methyl sites for hydroxylation is 1. The van der Waals surface area contributed by atoms with Crippen molar-refractivity contribution >= 4 is 46.4 Å². The molecule has 30 heavy (non-hydrogen) atoms. The lowest BCUT2D eigenvalue weighted by Gasteiger charge is -2.07. The summed E-state index contributed by atoms with van der Waals surface area (Å²) in [5, 5.41) is 8.99. The van der Waals surface area contributed by atoms with Crippen LogP contribution in [0.4, 0.5) is 5.69 Å². The Morgan fingerprint density at radius 3 is 2.17 bits per heavy atom. The lowest BCUT2D eigenvalue weighted by Crippen LogP contribution is -2.14. The third kappa shape index (κ3) is 4.33. The van der Waals surface area contributed by atoms with E-state index in [2.05, 4.69) is 15.4 Å². The molecule has 0 bridgehead atoms. The fourth-order valence-corrected chi connectivity index (χ4v) is 3.23. The van der Waals surface area contributed by atoms with Gasteiger partial charge in [-0.2, -0.15) is 0 Å². The van der Waals surface area contributed by atoms with E-state index in [0.29, 0.717) is 32.3 Å². The maximum atomic E-state index is 12.8. The van der Waals surface area contributed by atoms with Crippen molar-refractivity contribution in [3.8, 4) is 17.1 Å². The van der Waals surface area contributed by atoms with Gasteiger partial charge in [0.1, 0.15) is 0 Å². The van der Waals surface area contributed by atoms with Gasteiger partial charge in [-0.05, 0) is 73.2 Å². The van der Waals surface area contributed by atoms with Crippen LogP contribution in [0.5, 0.6) is 0 Å². The Bertz CT molecular complexity index is 1220.